The van der Waals surface area contributed by atoms with Gasteiger partial charge in [-0.2, -0.15) is 0 Å². The first-order valence-electron chi connectivity index (χ1n) is 6.37. The smallest absolute Gasteiger partial charge is 0.347 e. The van der Waals surface area contributed by atoms with E-state index >= 15 is 0 Å². The van der Waals surface area contributed by atoms with Gasteiger partial charge in [0.2, 0.25) is 0 Å². The summed E-state index contributed by atoms with van der Waals surface area (Å²) < 4.78 is 9.40. The molecular formula is C16H6O6. The Balaban J connectivity index is 2.14. The van der Waals surface area contributed by atoms with Gasteiger partial charge in [-0.3, -0.25) is 0 Å². The van der Waals surface area contributed by atoms with Gasteiger partial charge < -0.3 is 9.47 Å². The molecule has 3 aliphatic rings. The molecule has 0 spiro atoms. The first-order valence-corrected chi connectivity index (χ1v) is 6.37. The molecule has 0 amide bonds. The van der Waals surface area contributed by atoms with Crippen LogP contribution >= 0.6 is 0 Å². The second-order valence-electron chi connectivity index (χ2n) is 4.84. The maximum absolute atomic E-state index is 12.2. The number of ether oxygens (including phenoxy) is 2. The SMILES string of the molecule is O=C1OC(=O)c2c3ccc(c2C(=O)OC3=O)-c2ccc1cc2. The van der Waals surface area contributed by atoms with Crippen molar-refractivity contribution in [2.75, 3.05) is 0 Å². The predicted octanol–water partition coefficient (Wildman–Crippen LogP) is 1.97. The summed E-state index contributed by atoms with van der Waals surface area (Å²) in [7, 11) is 0. The number of carbonyl (C=O) groups excluding carboxylic acids is 4. The second-order valence-corrected chi connectivity index (χ2v) is 4.84. The lowest BCUT2D eigenvalue weighted by molar-refractivity contribution is 0.0326. The molecule has 0 unspecified atom stereocenters. The van der Waals surface area contributed by atoms with E-state index in [0.717, 1.165) is 0 Å². The summed E-state index contributed by atoms with van der Waals surface area (Å²) in [5, 5.41) is 0. The van der Waals surface area contributed by atoms with Crippen LogP contribution in [0.4, 0.5) is 0 Å². The van der Waals surface area contributed by atoms with Crippen LogP contribution in [0.2, 0.25) is 0 Å². The zero-order chi connectivity index (χ0) is 15.4. The van der Waals surface area contributed by atoms with Crippen LogP contribution in [0.3, 0.4) is 0 Å². The third kappa shape index (κ3) is 1.54. The zero-order valence-electron chi connectivity index (χ0n) is 10.9. The molecule has 0 radical (unpaired) electrons. The van der Waals surface area contributed by atoms with E-state index in [1.165, 1.54) is 18.2 Å². The molecule has 6 bridgehead atoms. The maximum atomic E-state index is 12.2. The van der Waals surface area contributed by atoms with Gasteiger partial charge in [0.25, 0.3) is 0 Å². The Morgan fingerprint density at radius 1 is 0.500 bits per heavy atom. The van der Waals surface area contributed by atoms with Crippen LogP contribution < -0.4 is 0 Å². The van der Waals surface area contributed by atoms with Crippen molar-refractivity contribution in [3.8, 4) is 11.1 Å². The molecule has 106 valence electrons. The van der Waals surface area contributed by atoms with Crippen molar-refractivity contribution in [1.82, 2.24) is 0 Å². The third-order valence-corrected chi connectivity index (χ3v) is 3.64. The fraction of sp³-hybridized carbons (Fsp3) is 0. The lowest BCUT2D eigenvalue weighted by Gasteiger charge is -2.21. The molecule has 0 saturated heterocycles. The molecule has 0 aromatic heterocycles. The summed E-state index contributed by atoms with van der Waals surface area (Å²) >= 11 is 0. The second kappa shape index (κ2) is 4.11. The van der Waals surface area contributed by atoms with E-state index in [2.05, 4.69) is 4.74 Å². The van der Waals surface area contributed by atoms with Gasteiger partial charge in [-0.25, -0.2) is 19.2 Å². The van der Waals surface area contributed by atoms with Gasteiger partial charge in [-0.1, -0.05) is 18.2 Å². The summed E-state index contributed by atoms with van der Waals surface area (Å²) in [4.78, 5) is 47.9. The number of cyclic esters (lactones) is 2. The Morgan fingerprint density at radius 3 is 1.68 bits per heavy atom. The number of hydrogen-bond donors (Lipinski definition) is 0. The number of benzene rings is 2. The lowest BCUT2D eigenvalue weighted by atomic mass is 9.89. The van der Waals surface area contributed by atoms with Crippen molar-refractivity contribution in [2.45, 2.75) is 0 Å². The summed E-state index contributed by atoms with van der Waals surface area (Å²) in [5.41, 5.74) is 0.885. The van der Waals surface area contributed by atoms with Crippen LogP contribution in [0.5, 0.6) is 0 Å². The van der Waals surface area contributed by atoms with Crippen molar-refractivity contribution in [3.63, 3.8) is 0 Å². The Morgan fingerprint density at radius 2 is 1.00 bits per heavy atom. The monoisotopic (exact) mass is 294 g/mol. The van der Waals surface area contributed by atoms with Gasteiger partial charge in [0, 0.05) is 0 Å². The van der Waals surface area contributed by atoms with Crippen LogP contribution in [0, 0.1) is 0 Å². The first kappa shape index (κ1) is 12.5. The molecule has 0 saturated carbocycles. The topological polar surface area (TPSA) is 86.7 Å². The molecule has 2 aromatic carbocycles. The fourth-order valence-electron chi connectivity index (χ4n) is 2.61. The Hall–Kier alpha value is -3.28. The van der Waals surface area contributed by atoms with Crippen molar-refractivity contribution in [1.29, 1.82) is 0 Å². The average Bonchev–Trinajstić information content (AvgIpc) is 2.51. The molecule has 0 atom stereocenters. The van der Waals surface area contributed by atoms with Gasteiger partial charge in [0.05, 0.1) is 22.3 Å². The largest absolute Gasteiger partial charge is 0.386 e. The molecule has 6 nitrogen and oxygen atoms in total. The van der Waals surface area contributed by atoms with Gasteiger partial charge in [-0.05, 0) is 29.3 Å². The van der Waals surface area contributed by atoms with E-state index < -0.39 is 23.9 Å². The molecule has 0 aliphatic carbocycles. The van der Waals surface area contributed by atoms with E-state index in [4.69, 9.17) is 4.74 Å². The van der Waals surface area contributed by atoms with E-state index in [0.29, 0.717) is 11.1 Å². The summed E-state index contributed by atoms with van der Waals surface area (Å²) in [5.74, 6) is -3.75. The molecule has 3 heterocycles. The minimum Gasteiger partial charge on any atom is -0.386 e. The lowest BCUT2D eigenvalue weighted by Crippen LogP contribution is -2.28. The highest BCUT2D eigenvalue weighted by atomic mass is 16.6. The average molecular weight is 294 g/mol. The maximum Gasteiger partial charge on any atom is 0.347 e. The van der Waals surface area contributed by atoms with E-state index in [1.807, 2.05) is 0 Å². The standard InChI is InChI=1S/C16H6O6/c17-13-8-3-1-7(2-4-8)9-5-6-10-12(16(20)21-13)11(9)15(19)22-14(10)18/h1-6H. The van der Waals surface area contributed by atoms with Gasteiger partial charge in [-0.15, -0.1) is 0 Å². The van der Waals surface area contributed by atoms with Crippen LogP contribution in [0.15, 0.2) is 36.4 Å². The number of esters is 4. The highest BCUT2D eigenvalue weighted by Crippen LogP contribution is 2.34. The van der Waals surface area contributed by atoms with Gasteiger partial charge in [0.15, 0.2) is 0 Å². The van der Waals surface area contributed by atoms with Crippen LogP contribution in [-0.4, -0.2) is 23.9 Å². The summed E-state index contributed by atoms with van der Waals surface area (Å²) in [6.45, 7) is 0. The normalized spacial score (nSPS) is 15.5. The molecule has 0 N–H and O–H groups in total. The van der Waals surface area contributed by atoms with Crippen molar-refractivity contribution in [3.05, 3.63) is 58.7 Å². The summed E-state index contributed by atoms with van der Waals surface area (Å²) in [6.07, 6.45) is 0. The van der Waals surface area contributed by atoms with Crippen LogP contribution in [-0.2, 0) is 9.47 Å². The molecule has 0 fully saturated rings. The van der Waals surface area contributed by atoms with E-state index in [-0.39, 0.29) is 22.3 Å². The van der Waals surface area contributed by atoms with E-state index in [1.54, 1.807) is 18.2 Å². The minimum atomic E-state index is -1.04. The highest BCUT2D eigenvalue weighted by Gasteiger charge is 2.37. The molecule has 2 aromatic rings. The number of carbonyl (C=O) groups is 4. The summed E-state index contributed by atoms with van der Waals surface area (Å²) in [6, 6.07) is 9.20. The van der Waals surface area contributed by atoms with Gasteiger partial charge >= 0.3 is 23.9 Å². The third-order valence-electron chi connectivity index (χ3n) is 3.64. The van der Waals surface area contributed by atoms with Crippen LogP contribution in [0.1, 0.15) is 41.4 Å². The number of hydrogen-bond acceptors (Lipinski definition) is 6. The molecule has 3 aliphatic heterocycles. The Bertz CT molecular complexity index is 892. The van der Waals surface area contributed by atoms with Crippen LogP contribution in [0.25, 0.3) is 11.1 Å². The van der Waals surface area contributed by atoms with Gasteiger partial charge in [0.1, 0.15) is 0 Å². The van der Waals surface area contributed by atoms with Crippen molar-refractivity contribution < 1.29 is 28.7 Å². The quantitative estimate of drug-likeness (QED) is 0.545. The highest BCUT2D eigenvalue weighted by molar-refractivity contribution is 6.21. The number of fused-ring (bicyclic) bond motifs is 4. The number of rotatable bonds is 0. The Kier molecular flexibility index (Phi) is 2.33. The zero-order valence-corrected chi connectivity index (χ0v) is 10.9. The minimum absolute atomic E-state index is 0.0652. The molecule has 22 heavy (non-hydrogen) atoms. The Labute approximate surface area is 123 Å². The molecule has 5 rings (SSSR count). The first-order chi connectivity index (χ1) is 10.6. The molecular weight excluding hydrogens is 288 g/mol. The van der Waals surface area contributed by atoms with Crippen molar-refractivity contribution in [2.24, 2.45) is 0 Å². The fourth-order valence-corrected chi connectivity index (χ4v) is 2.61. The van der Waals surface area contributed by atoms with E-state index in [9.17, 15) is 19.2 Å². The predicted molar refractivity (Wildman–Crippen MR) is 71.4 cm³/mol. The molecule has 6 heteroatoms. The van der Waals surface area contributed by atoms with Crippen molar-refractivity contribution >= 4 is 23.9 Å².